The van der Waals surface area contributed by atoms with Crippen molar-refractivity contribution in [3.63, 3.8) is 0 Å². The summed E-state index contributed by atoms with van der Waals surface area (Å²) in [5.41, 5.74) is 1.15. The highest BCUT2D eigenvalue weighted by atomic mass is 16.5. The van der Waals surface area contributed by atoms with E-state index in [4.69, 9.17) is 9.47 Å². The Balaban J connectivity index is 1.74. The van der Waals surface area contributed by atoms with Crippen molar-refractivity contribution in [3.05, 3.63) is 48.3 Å². The molecule has 1 atom stereocenters. The molecule has 0 N–H and O–H groups in total. The molecular formula is C15H21N3O2. The van der Waals surface area contributed by atoms with Gasteiger partial charge < -0.3 is 14.0 Å². The fourth-order valence-corrected chi connectivity index (χ4v) is 1.93. The lowest BCUT2D eigenvalue weighted by Gasteiger charge is -2.14. The molecule has 20 heavy (non-hydrogen) atoms. The van der Waals surface area contributed by atoms with Gasteiger partial charge in [0.25, 0.3) is 0 Å². The molecule has 2 heterocycles. The van der Waals surface area contributed by atoms with Gasteiger partial charge >= 0.3 is 0 Å². The smallest absolute Gasteiger partial charge is 0.134 e. The van der Waals surface area contributed by atoms with Gasteiger partial charge in [-0.3, -0.25) is 4.98 Å². The number of imidazole rings is 1. The molecule has 108 valence electrons. The third kappa shape index (κ3) is 4.43. The zero-order valence-electron chi connectivity index (χ0n) is 12.0. The minimum Gasteiger partial charge on any atom is -0.377 e. The van der Waals surface area contributed by atoms with E-state index in [1.54, 1.807) is 25.7 Å². The first-order chi connectivity index (χ1) is 9.79. The van der Waals surface area contributed by atoms with E-state index in [1.165, 1.54) is 0 Å². The van der Waals surface area contributed by atoms with E-state index in [1.807, 2.05) is 18.3 Å². The fraction of sp³-hybridized carbons (Fsp3) is 0.467. The van der Waals surface area contributed by atoms with E-state index in [-0.39, 0.29) is 6.10 Å². The van der Waals surface area contributed by atoms with Gasteiger partial charge in [-0.25, -0.2) is 4.98 Å². The van der Waals surface area contributed by atoms with Crippen LogP contribution in [0, 0.1) is 0 Å². The summed E-state index contributed by atoms with van der Waals surface area (Å²) >= 11 is 0. The molecule has 5 nitrogen and oxygen atoms in total. The maximum absolute atomic E-state index is 5.83. The summed E-state index contributed by atoms with van der Waals surface area (Å²) in [6.07, 6.45) is 8.48. The number of ether oxygens (including phenoxy) is 2. The third-order valence-electron chi connectivity index (χ3n) is 3.14. The number of aryl methyl sites for hydroxylation is 1. The summed E-state index contributed by atoms with van der Waals surface area (Å²) in [5.74, 6) is 0.953. The van der Waals surface area contributed by atoms with Crippen LogP contribution < -0.4 is 0 Å². The maximum atomic E-state index is 5.83. The van der Waals surface area contributed by atoms with Crippen molar-refractivity contribution < 1.29 is 9.47 Å². The Morgan fingerprint density at radius 2 is 2.00 bits per heavy atom. The van der Waals surface area contributed by atoms with Crippen LogP contribution in [0.1, 0.15) is 24.7 Å². The first kappa shape index (κ1) is 14.7. The lowest BCUT2D eigenvalue weighted by atomic mass is 10.2. The van der Waals surface area contributed by atoms with Crippen molar-refractivity contribution in [1.29, 1.82) is 0 Å². The van der Waals surface area contributed by atoms with Gasteiger partial charge in [-0.15, -0.1) is 0 Å². The molecule has 0 fully saturated rings. The number of aromatic nitrogens is 3. The van der Waals surface area contributed by atoms with Crippen molar-refractivity contribution in [2.24, 2.45) is 0 Å². The number of methoxy groups -OCH3 is 1. The van der Waals surface area contributed by atoms with Crippen LogP contribution in [0.15, 0.2) is 36.9 Å². The molecule has 0 amide bonds. The summed E-state index contributed by atoms with van der Waals surface area (Å²) in [4.78, 5) is 8.26. The molecule has 0 bridgehead atoms. The van der Waals surface area contributed by atoms with E-state index in [0.29, 0.717) is 13.2 Å². The highest BCUT2D eigenvalue weighted by molar-refractivity contribution is 5.07. The van der Waals surface area contributed by atoms with Crippen molar-refractivity contribution in [2.75, 3.05) is 7.11 Å². The van der Waals surface area contributed by atoms with Gasteiger partial charge in [-0.2, -0.15) is 0 Å². The summed E-state index contributed by atoms with van der Waals surface area (Å²) in [6.45, 7) is 4.14. The molecule has 0 radical (unpaired) electrons. The second-order valence-corrected chi connectivity index (χ2v) is 4.74. The SMILES string of the molecule is COCc1nccn1CCC(C)OCc1ccncc1. The van der Waals surface area contributed by atoms with Gasteiger partial charge in [-0.1, -0.05) is 0 Å². The predicted octanol–water partition coefficient (Wildman–Crippen LogP) is 2.42. The zero-order valence-corrected chi connectivity index (χ0v) is 12.0. The monoisotopic (exact) mass is 275 g/mol. The van der Waals surface area contributed by atoms with Gasteiger partial charge in [0.05, 0.1) is 12.7 Å². The molecule has 0 aromatic carbocycles. The number of nitrogens with zero attached hydrogens (tertiary/aromatic N) is 3. The van der Waals surface area contributed by atoms with Crippen molar-refractivity contribution in [2.45, 2.75) is 39.2 Å². The van der Waals surface area contributed by atoms with Crippen LogP contribution in [-0.2, 0) is 29.2 Å². The number of rotatable bonds is 8. The summed E-state index contributed by atoms with van der Waals surface area (Å²) in [7, 11) is 1.68. The minimum absolute atomic E-state index is 0.195. The van der Waals surface area contributed by atoms with E-state index < -0.39 is 0 Å². The minimum atomic E-state index is 0.195. The molecule has 2 aromatic rings. The molecule has 0 aliphatic heterocycles. The van der Waals surface area contributed by atoms with Gasteiger partial charge in [-0.05, 0) is 31.0 Å². The second kappa shape index (κ2) is 7.77. The molecule has 0 aliphatic carbocycles. The normalized spacial score (nSPS) is 12.5. The molecule has 1 unspecified atom stereocenters. The van der Waals surface area contributed by atoms with E-state index >= 15 is 0 Å². The third-order valence-corrected chi connectivity index (χ3v) is 3.14. The molecule has 5 heteroatoms. The second-order valence-electron chi connectivity index (χ2n) is 4.74. The van der Waals surface area contributed by atoms with Crippen LogP contribution in [0.3, 0.4) is 0 Å². The molecule has 0 spiro atoms. The van der Waals surface area contributed by atoms with Crippen LogP contribution in [0.4, 0.5) is 0 Å². The van der Waals surface area contributed by atoms with Gasteiger partial charge in [0.2, 0.25) is 0 Å². The van der Waals surface area contributed by atoms with Crippen LogP contribution in [-0.4, -0.2) is 27.7 Å². The quantitative estimate of drug-likeness (QED) is 0.742. The Morgan fingerprint density at radius 1 is 1.20 bits per heavy atom. The van der Waals surface area contributed by atoms with Gasteiger partial charge in [0.15, 0.2) is 0 Å². The van der Waals surface area contributed by atoms with Crippen molar-refractivity contribution >= 4 is 0 Å². The summed E-state index contributed by atoms with van der Waals surface area (Å²) in [5, 5.41) is 0. The molecule has 0 aliphatic rings. The van der Waals surface area contributed by atoms with Gasteiger partial charge in [0, 0.05) is 38.4 Å². The number of hydrogen-bond donors (Lipinski definition) is 0. The topological polar surface area (TPSA) is 49.2 Å². The predicted molar refractivity (Wildman–Crippen MR) is 76.0 cm³/mol. The lowest BCUT2D eigenvalue weighted by Crippen LogP contribution is -2.13. The summed E-state index contributed by atoms with van der Waals surface area (Å²) < 4.78 is 13.1. The van der Waals surface area contributed by atoms with Crippen LogP contribution in [0.5, 0.6) is 0 Å². The van der Waals surface area contributed by atoms with Crippen molar-refractivity contribution in [3.8, 4) is 0 Å². The Kier molecular flexibility index (Phi) is 5.70. The Hall–Kier alpha value is -1.72. The number of hydrogen-bond acceptors (Lipinski definition) is 4. The average molecular weight is 275 g/mol. The Labute approximate surface area is 119 Å². The number of pyridine rings is 1. The molecule has 0 saturated heterocycles. The lowest BCUT2D eigenvalue weighted by molar-refractivity contribution is 0.0443. The van der Waals surface area contributed by atoms with Crippen LogP contribution >= 0.6 is 0 Å². The Morgan fingerprint density at radius 3 is 2.75 bits per heavy atom. The highest BCUT2D eigenvalue weighted by Gasteiger charge is 2.06. The van der Waals surface area contributed by atoms with Crippen LogP contribution in [0.25, 0.3) is 0 Å². The molecule has 0 saturated carbocycles. The maximum Gasteiger partial charge on any atom is 0.134 e. The van der Waals surface area contributed by atoms with Crippen molar-refractivity contribution in [1.82, 2.24) is 14.5 Å². The Bertz CT molecular complexity index is 499. The average Bonchev–Trinajstić information content (AvgIpc) is 2.92. The molecule has 2 rings (SSSR count). The summed E-state index contributed by atoms with van der Waals surface area (Å²) in [6, 6.07) is 3.94. The molecule has 2 aromatic heterocycles. The fourth-order valence-electron chi connectivity index (χ4n) is 1.93. The standard InChI is InChI=1S/C15H21N3O2/c1-13(20-11-14-3-6-16-7-4-14)5-9-18-10-8-17-15(18)12-19-2/h3-4,6-8,10,13H,5,9,11-12H2,1-2H3. The first-order valence-corrected chi connectivity index (χ1v) is 6.79. The first-order valence-electron chi connectivity index (χ1n) is 6.79. The largest absolute Gasteiger partial charge is 0.377 e. The van der Waals surface area contributed by atoms with E-state index in [2.05, 4.69) is 21.5 Å². The van der Waals surface area contributed by atoms with Gasteiger partial charge in [0.1, 0.15) is 12.4 Å². The van der Waals surface area contributed by atoms with E-state index in [9.17, 15) is 0 Å². The van der Waals surface area contributed by atoms with Crippen LogP contribution in [0.2, 0.25) is 0 Å². The molecular weight excluding hydrogens is 254 g/mol. The van der Waals surface area contributed by atoms with E-state index in [0.717, 1.165) is 24.4 Å². The zero-order chi connectivity index (χ0) is 14.2. The highest BCUT2D eigenvalue weighted by Crippen LogP contribution is 2.08.